The third-order valence-corrected chi connectivity index (χ3v) is 1.38. The van der Waals surface area contributed by atoms with Crippen LogP contribution in [0, 0.1) is 0 Å². The summed E-state index contributed by atoms with van der Waals surface area (Å²) in [6.45, 7) is 3.62. The van der Waals surface area contributed by atoms with E-state index in [2.05, 4.69) is 11.7 Å². The van der Waals surface area contributed by atoms with Crippen LogP contribution in [0.3, 0.4) is 0 Å². The number of hydrogen-bond donors (Lipinski definition) is 1. The maximum absolute atomic E-state index is 8.20. The normalized spacial score (nSPS) is 10.2. The lowest BCUT2D eigenvalue weighted by Crippen LogP contribution is -1.79. The minimum atomic E-state index is 0.873. The summed E-state index contributed by atoms with van der Waals surface area (Å²) >= 11 is 0. The Morgan fingerprint density at radius 3 is 2.18 bits per heavy atom. The van der Waals surface area contributed by atoms with Gasteiger partial charge >= 0.3 is 0 Å². The molecular formula is C9H9NO. The van der Waals surface area contributed by atoms with Gasteiger partial charge in [-0.25, -0.2) is 0 Å². The second-order valence-corrected chi connectivity index (χ2v) is 2.12. The van der Waals surface area contributed by atoms with E-state index in [9.17, 15) is 0 Å². The molecule has 0 aliphatic rings. The van der Waals surface area contributed by atoms with Crippen LogP contribution in [0.25, 0.3) is 6.08 Å². The van der Waals surface area contributed by atoms with Gasteiger partial charge in [0.15, 0.2) is 0 Å². The predicted octanol–water partition coefficient (Wildman–Crippen LogP) is 2.14. The number of rotatable bonds is 2. The second-order valence-electron chi connectivity index (χ2n) is 2.12. The van der Waals surface area contributed by atoms with E-state index in [0.29, 0.717) is 0 Å². The van der Waals surface area contributed by atoms with Crippen LogP contribution >= 0.6 is 0 Å². The highest BCUT2D eigenvalue weighted by atomic mass is 16.4. The third-order valence-electron chi connectivity index (χ3n) is 1.38. The fourth-order valence-corrected chi connectivity index (χ4v) is 0.785. The van der Waals surface area contributed by atoms with E-state index in [1.807, 2.05) is 24.3 Å². The Labute approximate surface area is 65.5 Å². The van der Waals surface area contributed by atoms with Gasteiger partial charge in [-0.05, 0) is 11.1 Å². The summed E-state index contributed by atoms with van der Waals surface area (Å²) in [6, 6.07) is 7.53. The largest absolute Gasteiger partial charge is 0.411 e. The first-order valence-corrected chi connectivity index (χ1v) is 3.27. The Hall–Kier alpha value is -1.57. The third kappa shape index (κ3) is 1.93. The molecule has 0 amide bonds. The van der Waals surface area contributed by atoms with Crippen molar-refractivity contribution in [2.24, 2.45) is 5.16 Å². The van der Waals surface area contributed by atoms with Crippen molar-refractivity contribution in [3.8, 4) is 0 Å². The Morgan fingerprint density at radius 2 is 1.73 bits per heavy atom. The standard InChI is InChI=1S/C9H9NO/c1-2-8-3-5-9(6-4-8)7-10-11/h2-7,11H,1H2/b10-7+. The zero-order chi connectivity index (χ0) is 8.10. The Balaban J connectivity index is 2.91. The molecule has 1 N–H and O–H groups in total. The summed E-state index contributed by atoms with van der Waals surface area (Å²) in [5.41, 5.74) is 1.93. The van der Waals surface area contributed by atoms with Gasteiger partial charge in [-0.1, -0.05) is 42.1 Å². The van der Waals surface area contributed by atoms with Crippen LogP contribution in [-0.2, 0) is 0 Å². The summed E-state index contributed by atoms with van der Waals surface area (Å²) in [7, 11) is 0. The lowest BCUT2D eigenvalue weighted by molar-refractivity contribution is 0.322. The van der Waals surface area contributed by atoms with Crippen molar-refractivity contribution >= 4 is 12.3 Å². The Morgan fingerprint density at radius 1 is 1.18 bits per heavy atom. The van der Waals surface area contributed by atoms with Gasteiger partial charge in [0.1, 0.15) is 0 Å². The van der Waals surface area contributed by atoms with Crippen LogP contribution in [0.4, 0.5) is 0 Å². The predicted molar refractivity (Wildman–Crippen MR) is 45.9 cm³/mol. The lowest BCUT2D eigenvalue weighted by atomic mass is 10.1. The molecule has 2 heteroatoms. The molecular weight excluding hydrogens is 138 g/mol. The molecule has 0 aliphatic carbocycles. The molecule has 0 saturated carbocycles. The smallest absolute Gasteiger partial charge is 0.0733 e. The number of oxime groups is 1. The van der Waals surface area contributed by atoms with Crippen molar-refractivity contribution in [3.05, 3.63) is 42.0 Å². The van der Waals surface area contributed by atoms with E-state index in [0.717, 1.165) is 11.1 Å². The molecule has 0 radical (unpaired) electrons. The summed E-state index contributed by atoms with van der Waals surface area (Å²) in [6.07, 6.45) is 3.15. The van der Waals surface area contributed by atoms with Gasteiger partial charge < -0.3 is 5.21 Å². The highest BCUT2D eigenvalue weighted by Gasteiger charge is 1.86. The molecule has 0 aliphatic heterocycles. The van der Waals surface area contributed by atoms with Crippen molar-refractivity contribution in [1.82, 2.24) is 0 Å². The highest BCUT2D eigenvalue weighted by molar-refractivity contribution is 5.79. The van der Waals surface area contributed by atoms with E-state index in [4.69, 9.17) is 5.21 Å². The maximum Gasteiger partial charge on any atom is 0.0733 e. The van der Waals surface area contributed by atoms with Gasteiger partial charge in [-0.3, -0.25) is 0 Å². The molecule has 0 saturated heterocycles. The average molecular weight is 147 g/mol. The first kappa shape index (κ1) is 7.54. The fraction of sp³-hybridized carbons (Fsp3) is 0. The lowest BCUT2D eigenvalue weighted by Gasteiger charge is -1.92. The molecule has 2 nitrogen and oxygen atoms in total. The number of nitrogens with zero attached hydrogens (tertiary/aromatic N) is 1. The second kappa shape index (κ2) is 3.56. The molecule has 0 fully saturated rings. The molecule has 1 aromatic rings. The molecule has 1 rings (SSSR count). The highest BCUT2D eigenvalue weighted by Crippen LogP contribution is 2.02. The average Bonchev–Trinajstić information content (AvgIpc) is 2.07. The van der Waals surface area contributed by atoms with Crippen LogP contribution in [-0.4, -0.2) is 11.4 Å². The van der Waals surface area contributed by atoms with E-state index >= 15 is 0 Å². The molecule has 0 bridgehead atoms. The molecule has 1 aromatic carbocycles. The van der Waals surface area contributed by atoms with Crippen molar-refractivity contribution in [1.29, 1.82) is 0 Å². The monoisotopic (exact) mass is 147 g/mol. The zero-order valence-corrected chi connectivity index (χ0v) is 6.07. The van der Waals surface area contributed by atoms with E-state index in [1.54, 1.807) is 6.08 Å². The topological polar surface area (TPSA) is 32.6 Å². The van der Waals surface area contributed by atoms with Gasteiger partial charge in [-0.2, -0.15) is 0 Å². The summed E-state index contributed by atoms with van der Waals surface area (Å²) in [4.78, 5) is 0. The summed E-state index contributed by atoms with van der Waals surface area (Å²) < 4.78 is 0. The van der Waals surface area contributed by atoms with Crippen molar-refractivity contribution < 1.29 is 5.21 Å². The van der Waals surface area contributed by atoms with E-state index in [1.165, 1.54) is 6.21 Å². The van der Waals surface area contributed by atoms with Crippen LogP contribution in [0.15, 0.2) is 36.0 Å². The van der Waals surface area contributed by atoms with Crippen LogP contribution in [0.5, 0.6) is 0 Å². The first-order chi connectivity index (χ1) is 5.36. The van der Waals surface area contributed by atoms with Gasteiger partial charge in [0.25, 0.3) is 0 Å². The summed E-state index contributed by atoms with van der Waals surface area (Å²) in [5, 5.41) is 11.1. The van der Waals surface area contributed by atoms with Crippen molar-refractivity contribution in [2.45, 2.75) is 0 Å². The van der Waals surface area contributed by atoms with Gasteiger partial charge in [0, 0.05) is 0 Å². The van der Waals surface area contributed by atoms with Crippen LogP contribution in [0.1, 0.15) is 11.1 Å². The molecule has 0 atom stereocenters. The van der Waals surface area contributed by atoms with Gasteiger partial charge in [0.2, 0.25) is 0 Å². The van der Waals surface area contributed by atoms with E-state index < -0.39 is 0 Å². The number of benzene rings is 1. The zero-order valence-electron chi connectivity index (χ0n) is 6.07. The molecule has 0 spiro atoms. The molecule has 0 heterocycles. The Bertz CT molecular complexity index is 261. The summed E-state index contributed by atoms with van der Waals surface area (Å²) in [5.74, 6) is 0. The van der Waals surface area contributed by atoms with E-state index in [-0.39, 0.29) is 0 Å². The molecule has 0 unspecified atom stereocenters. The van der Waals surface area contributed by atoms with Crippen LogP contribution in [0.2, 0.25) is 0 Å². The van der Waals surface area contributed by atoms with Crippen molar-refractivity contribution in [3.63, 3.8) is 0 Å². The minimum Gasteiger partial charge on any atom is -0.411 e. The molecule has 56 valence electrons. The molecule has 0 aromatic heterocycles. The maximum atomic E-state index is 8.20. The number of hydrogen-bond acceptors (Lipinski definition) is 2. The van der Waals surface area contributed by atoms with Gasteiger partial charge in [0.05, 0.1) is 6.21 Å². The van der Waals surface area contributed by atoms with Crippen LogP contribution < -0.4 is 0 Å². The SMILES string of the molecule is C=Cc1ccc(/C=N/O)cc1. The van der Waals surface area contributed by atoms with Gasteiger partial charge in [-0.15, -0.1) is 0 Å². The minimum absolute atomic E-state index is 0.873. The van der Waals surface area contributed by atoms with Crippen molar-refractivity contribution in [2.75, 3.05) is 0 Å². The molecule has 11 heavy (non-hydrogen) atoms. The fourth-order valence-electron chi connectivity index (χ4n) is 0.785. The quantitative estimate of drug-likeness (QED) is 0.388. The Kier molecular flexibility index (Phi) is 2.44. The first-order valence-electron chi connectivity index (χ1n) is 3.27.